The monoisotopic (exact) mass is 470 g/mol. The molecule has 3 rings (SSSR count). The van der Waals surface area contributed by atoms with E-state index in [-0.39, 0.29) is 0 Å². The molecule has 0 fully saturated rings. The van der Waals surface area contributed by atoms with Gasteiger partial charge in [-0.3, -0.25) is 0 Å². The van der Waals surface area contributed by atoms with Crippen molar-refractivity contribution in [3.63, 3.8) is 0 Å². The summed E-state index contributed by atoms with van der Waals surface area (Å²) >= 11 is 0. The second kappa shape index (κ2) is 12.0. The van der Waals surface area contributed by atoms with Crippen LogP contribution < -0.4 is 0 Å². The van der Waals surface area contributed by atoms with Gasteiger partial charge in [0.1, 0.15) is 0 Å². The minimum absolute atomic E-state index is 0.967. The first-order valence-corrected chi connectivity index (χ1v) is 14.1. The van der Waals surface area contributed by atoms with Gasteiger partial charge in [0.15, 0.2) is 0 Å². The summed E-state index contributed by atoms with van der Waals surface area (Å²) in [6.07, 6.45) is 9.45. The average molecular weight is 471 g/mol. The summed E-state index contributed by atoms with van der Waals surface area (Å²) in [7, 11) is 0. The Hall–Kier alpha value is -2.48. The summed E-state index contributed by atoms with van der Waals surface area (Å²) in [6.45, 7) is 18.0. The molecular formula is C33H46N2. The maximum absolute atomic E-state index is 11.8. The van der Waals surface area contributed by atoms with Crippen LogP contribution in [0.4, 0.5) is 0 Å². The molecule has 0 aromatic heterocycles. The molecule has 0 unspecified atom stereocenters. The Bertz CT molecular complexity index is 1110. The van der Waals surface area contributed by atoms with Crippen LogP contribution in [-0.2, 0) is 38.5 Å². The number of allylic oxidation sites excluding steroid dienone is 2. The summed E-state index contributed by atoms with van der Waals surface area (Å²) < 4.78 is 1.53. The van der Waals surface area contributed by atoms with E-state index in [0.717, 1.165) is 80.3 Å². The number of aryl methyl sites for hydroxylation is 4. The first-order chi connectivity index (χ1) is 16.9. The first kappa shape index (κ1) is 27.1. The van der Waals surface area contributed by atoms with Crippen molar-refractivity contribution >= 4 is 11.4 Å². The Labute approximate surface area is 214 Å². The lowest BCUT2D eigenvalue weighted by molar-refractivity contribution is -0.345. The van der Waals surface area contributed by atoms with Gasteiger partial charge in [-0.2, -0.15) is 0 Å². The number of hydrogen-bond donors (Lipinski definition) is 0. The van der Waals surface area contributed by atoms with Gasteiger partial charge in [-0.25, -0.2) is 4.70 Å². The quantitative estimate of drug-likeness (QED) is 0.292. The topological polar surface area (TPSA) is 25.3 Å². The van der Waals surface area contributed by atoms with E-state index in [9.17, 15) is 5.53 Å². The van der Waals surface area contributed by atoms with Gasteiger partial charge in [0.2, 0.25) is 11.4 Å². The van der Waals surface area contributed by atoms with E-state index < -0.39 is 0 Å². The summed E-state index contributed by atoms with van der Waals surface area (Å²) in [6, 6.07) is 9.34. The Kier molecular flexibility index (Phi) is 9.27. The molecule has 1 aliphatic rings. The normalized spacial score (nSPS) is 14.0. The number of benzene rings is 2. The summed E-state index contributed by atoms with van der Waals surface area (Å²) in [5.74, 6) is 0. The van der Waals surface area contributed by atoms with Crippen LogP contribution in [0, 0.1) is 0 Å². The minimum Gasteiger partial charge on any atom is -0.493 e. The van der Waals surface area contributed by atoms with E-state index in [0.29, 0.717) is 0 Å². The second-order valence-corrected chi connectivity index (χ2v) is 9.88. The molecule has 2 aromatic rings. The van der Waals surface area contributed by atoms with Crippen molar-refractivity contribution in [1.82, 2.24) is 0 Å². The third-order valence-corrected chi connectivity index (χ3v) is 7.94. The molecule has 0 spiro atoms. The zero-order chi connectivity index (χ0) is 25.7. The van der Waals surface area contributed by atoms with E-state index >= 15 is 0 Å². The van der Waals surface area contributed by atoms with E-state index in [2.05, 4.69) is 79.7 Å². The van der Waals surface area contributed by atoms with Crippen LogP contribution in [0.5, 0.6) is 0 Å². The van der Waals surface area contributed by atoms with E-state index in [1.54, 1.807) is 0 Å². The summed E-state index contributed by atoms with van der Waals surface area (Å²) in [5.41, 5.74) is 27.2. The summed E-state index contributed by atoms with van der Waals surface area (Å²) in [4.78, 5) is 0. The van der Waals surface area contributed by atoms with Gasteiger partial charge in [0.25, 0.3) is 0 Å². The highest BCUT2D eigenvalue weighted by molar-refractivity contribution is 5.82. The van der Waals surface area contributed by atoms with Crippen LogP contribution in [0.1, 0.15) is 119 Å². The van der Waals surface area contributed by atoms with Gasteiger partial charge >= 0.3 is 0 Å². The van der Waals surface area contributed by atoms with Crippen molar-refractivity contribution < 1.29 is 4.70 Å². The molecule has 0 bridgehead atoms. The zero-order valence-corrected chi connectivity index (χ0v) is 23.6. The van der Waals surface area contributed by atoms with E-state index in [4.69, 9.17) is 0 Å². The third kappa shape index (κ3) is 5.08. The smallest absolute Gasteiger partial charge is 0.211 e. The highest BCUT2D eigenvalue weighted by atomic mass is 15.2. The molecule has 0 amide bonds. The molecule has 188 valence electrons. The predicted molar refractivity (Wildman–Crippen MR) is 152 cm³/mol. The van der Waals surface area contributed by atoms with Gasteiger partial charge in [0, 0.05) is 22.3 Å². The maximum atomic E-state index is 11.8. The Morgan fingerprint density at radius 1 is 0.600 bits per heavy atom. The molecule has 0 radical (unpaired) electrons. The van der Waals surface area contributed by atoms with Crippen LogP contribution in [0.2, 0.25) is 0 Å². The fourth-order valence-electron chi connectivity index (χ4n) is 6.05. The van der Waals surface area contributed by atoms with E-state index in [1.165, 1.54) is 49.2 Å². The maximum Gasteiger partial charge on any atom is 0.211 e. The van der Waals surface area contributed by atoms with Crippen LogP contribution in [0.25, 0.3) is 16.9 Å². The van der Waals surface area contributed by atoms with E-state index in [1.807, 2.05) is 0 Å². The zero-order valence-electron chi connectivity index (χ0n) is 23.6. The predicted octanol–water partition coefficient (Wildman–Crippen LogP) is 9.44. The van der Waals surface area contributed by atoms with Crippen molar-refractivity contribution in [3.05, 3.63) is 85.5 Å². The van der Waals surface area contributed by atoms with Crippen LogP contribution in [-0.4, -0.2) is 4.70 Å². The average Bonchev–Trinajstić information content (AvgIpc) is 3.13. The Morgan fingerprint density at radius 2 is 1.00 bits per heavy atom. The highest BCUT2D eigenvalue weighted by Gasteiger charge is 2.34. The molecule has 1 heterocycles. The minimum atomic E-state index is 0.967. The lowest BCUT2D eigenvalue weighted by atomic mass is 9.89. The second-order valence-electron chi connectivity index (χ2n) is 9.88. The largest absolute Gasteiger partial charge is 0.493 e. The standard InChI is InChI=1S/C33H46N2/c1-9-16-17-31-22(8)32(27-18-23(10-2)29(14-6)24(11-3)19-27)35(34)33(31)28-20-25(12-4)30(15-7)26(13-5)21-28/h18-21H,9-17H2,1-8H3. The van der Waals surface area contributed by atoms with Crippen LogP contribution >= 0.6 is 0 Å². The van der Waals surface area contributed by atoms with Crippen molar-refractivity contribution in [2.45, 2.75) is 113 Å². The molecule has 0 saturated carbocycles. The molecule has 0 N–H and O–H groups in total. The van der Waals surface area contributed by atoms with Crippen molar-refractivity contribution in [3.8, 4) is 0 Å². The SMILES string of the molecule is CCCCC1=C(c2cc(CC)c(CC)c(CC)c2)[N+](=[N-])C(c2cc(CC)c(CC)c(CC)c2)=C1C. The van der Waals surface area contributed by atoms with Gasteiger partial charge in [-0.05, 0) is 116 Å². The fourth-order valence-corrected chi connectivity index (χ4v) is 6.05. The molecule has 35 heavy (non-hydrogen) atoms. The molecule has 1 aliphatic heterocycles. The van der Waals surface area contributed by atoms with Crippen molar-refractivity contribution in [2.75, 3.05) is 0 Å². The molecule has 2 nitrogen and oxygen atoms in total. The molecule has 0 saturated heterocycles. The van der Waals surface area contributed by atoms with Crippen molar-refractivity contribution in [1.29, 1.82) is 0 Å². The Balaban J connectivity index is 2.24. The number of hydrogen-bond acceptors (Lipinski definition) is 0. The third-order valence-electron chi connectivity index (χ3n) is 7.94. The summed E-state index contributed by atoms with van der Waals surface area (Å²) in [5, 5.41) is 0. The molecule has 2 aromatic carbocycles. The van der Waals surface area contributed by atoms with Gasteiger partial charge in [0.05, 0.1) is 0 Å². The van der Waals surface area contributed by atoms with Gasteiger partial charge in [-0.1, -0.05) is 54.9 Å². The van der Waals surface area contributed by atoms with Crippen molar-refractivity contribution in [2.24, 2.45) is 0 Å². The fraction of sp³-hybridized carbons (Fsp3) is 0.515. The van der Waals surface area contributed by atoms with Gasteiger partial charge < -0.3 is 5.53 Å². The number of rotatable bonds is 11. The number of nitrogens with zero attached hydrogens (tertiary/aromatic N) is 2. The first-order valence-electron chi connectivity index (χ1n) is 14.1. The van der Waals surface area contributed by atoms with Crippen LogP contribution in [0.15, 0.2) is 35.4 Å². The van der Waals surface area contributed by atoms with Crippen LogP contribution in [0.3, 0.4) is 0 Å². The molecular weight excluding hydrogens is 424 g/mol. The molecule has 0 aliphatic carbocycles. The lowest BCUT2D eigenvalue weighted by Crippen LogP contribution is -2.07. The molecule has 0 atom stereocenters. The number of unbranched alkanes of at least 4 members (excludes halogenated alkanes) is 1. The lowest BCUT2D eigenvalue weighted by Gasteiger charge is -2.17. The molecule has 2 heteroatoms. The Morgan fingerprint density at radius 3 is 1.34 bits per heavy atom. The highest BCUT2D eigenvalue weighted by Crippen LogP contribution is 2.43. The van der Waals surface area contributed by atoms with Gasteiger partial charge in [-0.15, -0.1) is 0 Å².